The summed E-state index contributed by atoms with van der Waals surface area (Å²) in [5, 5.41) is 9.69. The van der Waals surface area contributed by atoms with E-state index >= 15 is 0 Å². The smallest absolute Gasteiger partial charge is 0.271 e. The van der Waals surface area contributed by atoms with Crippen LogP contribution in [0.25, 0.3) is 0 Å². The molecule has 4 saturated carbocycles. The Morgan fingerprint density at radius 3 is 2.71 bits per heavy atom. The number of benzene rings is 1. The number of rotatable bonds is 6. The number of hydrogen-bond acceptors (Lipinski definition) is 5. The van der Waals surface area contributed by atoms with Crippen LogP contribution in [0.5, 0.6) is 0 Å². The van der Waals surface area contributed by atoms with Gasteiger partial charge in [0.25, 0.3) is 10.1 Å². The van der Waals surface area contributed by atoms with Gasteiger partial charge in [0, 0.05) is 18.8 Å². The van der Waals surface area contributed by atoms with E-state index in [-0.39, 0.29) is 34.9 Å². The highest BCUT2D eigenvalue weighted by atomic mass is 32.2. The van der Waals surface area contributed by atoms with Crippen LogP contribution < -0.4 is 0 Å². The second-order valence-corrected chi connectivity index (χ2v) is 13.9. The Kier molecular flexibility index (Phi) is 5.54. The molecule has 0 spiro atoms. The highest BCUT2D eigenvalue weighted by Crippen LogP contribution is 2.74. The first-order chi connectivity index (χ1) is 16.7. The molecule has 186 valence electrons. The summed E-state index contributed by atoms with van der Waals surface area (Å²) < 4.78 is 31.4. The monoisotopic (exact) mass is 493 g/mol. The van der Waals surface area contributed by atoms with Gasteiger partial charge < -0.3 is 0 Å². The molecule has 0 heterocycles. The van der Waals surface area contributed by atoms with Gasteiger partial charge in [-0.2, -0.15) is 13.7 Å². The van der Waals surface area contributed by atoms with Crippen LogP contribution in [0.2, 0.25) is 0 Å². The molecule has 0 unspecified atom stereocenters. The van der Waals surface area contributed by atoms with Gasteiger partial charge >= 0.3 is 0 Å². The SMILES string of the molecule is C[C@]12CCC(=O)C=C1[C@H](COS(=O)(=O)Cc1ccccc1)C[C@H]1[C@@H]3[C@@H]4C[C@@H]4C[C@@]3(CC#N)CC[C@@H]12. The highest BCUT2D eigenvalue weighted by Gasteiger charge is 2.67. The van der Waals surface area contributed by atoms with Crippen LogP contribution in [0, 0.1) is 57.7 Å². The number of carbonyl (C=O) groups is 1. The Labute approximate surface area is 209 Å². The summed E-state index contributed by atoms with van der Waals surface area (Å²) in [5.74, 6) is 3.03. The van der Waals surface area contributed by atoms with Crippen molar-refractivity contribution in [2.24, 2.45) is 46.3 Å². The third-order valence-corrected chi connectivity index (χ3v) is 11.7. The lowest BCUT2D eigenvalue weighted by atomic mass is 9.44. The van der Waals surface area contributed by atoms with E-state index in [0.29, 0.717) is 36.2 Å². The Balaban J connectivity index is 1.29. The number of hydrogen-bond donors (Lipinski definition) is 0. The molecule has 5 aliphatic carbocycles. The van der Waals surface area contributed by atoms with E-state index < -0.39 is 10.1 Å². The summed E-state index contributed by atoms with van der Waals surface area (Å²) in [7, 11) is -3.73. The molecule has 6 rings (SSSR count). The maximum atomic E-state index is 12.9. The lowest BCUT2D eigenvalue weighted by molar-refractivity contribution is -0.118. The van der Waals surface area contributed by atoms with Crippen molar-refractivity contribution < 1.29 is 17.4 Å². The number of nitriles is 1. The lowest BCUT2D eigenvalue weighted by Gasteiger charge is -2.60. The summed E-state index contributed by atoms with van der Waals surface area (Å²) in [6.45, 7) is 2.43. The Bertz CT molecular complexity index is 1200. The molecular formula is C29H35NO4S. The first kappa shape index (κ1) is 23.4. The van der Waals surface area contributed by atoms with Gasteiger partial charge in [0.2, 0.25) is 0 Å². The largest absolute Gasteiger partial charge is 0.295 e. The van der Waals surface area contributed by atoms with Crippen LogP contribution in [0.1, 0.15) is 63.9 Å². The molecule has 5 aliphatic rings. The molecule has 0 aromatic heterocycles. The molecule has 0 bridgehead atoms. The maximum Gasteiger partial charge on any atom is 0.271 e. The molecule has 0 N–H and O–H groups in total. The van der Waals surface area contributed by atoms with E-state index in [0.717, 1.165) is 43.1 Å². The fourth-order valence-corrected chi connectivity index (χ4v) is 10.1. The van der Waals surface area contributed by atoms with Crippen molar-refractivity contribution in [2.75, 3.05) is 6.61 Å². The van der Waals surface area contributed by atoms with Crippen molar-refractivity contribution in [2.45, 2.75) is 64.0 Å². The van der Waals surface area contributed by atoms with Crippen LogP contribution >= 0.6 is 0 Å². The second-order valence-electron chi connectivity index (χ2n) is 12.3. The zero-order valence-corrected chi connectivity index (χ0v) is 21.3. The lowest BCUT2D eigenvalue weighted by Crippen LogP contribution is -2.53. The fraction of sp³-hybridized carbons (Fsp3) is 0.655. The van der Waals surface area contributed by atoms with Crippen molar-refractivity contribution in [3.63, 3.8) is 0 Å². The van der Waals surface area contributed by atoms with Gasteiger partial charge in [0.05, 0.1) is 12.7 Å². The van der Waals surface area contributed by atoms with E-state index in [4.69, 9.17) is 4.18 Å². The third-order valence-electron chi connectivity index (χ3n) is 10.5. The quantitative estimate of drug-likeness (QED) is 0.493. The average Bonchev–Trinajstić information content (AvgIpc) is 3.49. The van der Waals surface area contributed by atoms with E-state index in [2.05, 4.69) is 13.0 Å². The molecule has 8 atom stereocenters. The summed E-state index contributed by atoms with van der Waals surface area (Å²) in [6, 6.07) is 11.7. The maximum absolute atomic E-state index is 12.9. The fourth-order valence-electron chi connectivity index (χ4n) is 9.08. The molecule has 5 nitrogen and oxygen atoms in total. The van der Waals surface area contributed by atoms with Crippen molar-refractivity contribution in [3.05, 3.63) is 47.5 Å². The first-order valence-electron chi connectivity index (χ1n) is 13.3. The van der Waals surface area contributed by atoms with Gasteiger partial charge in [-0.3, -0.25) is 8.98 Å². The predicted molar refractivity (Wildman–Crippen MR) is 132 cm³/mol. The Hall–Kier alpha value is -1.97. The minimum atomic E-state index is -3.73. The van der Waals surface area contributed by atoms with Gasteiger partial charge in [-0.15, -0.1) is 0 Å². The molecule has 1 aromatic carbocycles. The molecule has 6 heteroatoms. The number of ketones is 1. The minimum Gasteiger partial charge on any atom is -0.295 e. The third kappa shape index (κ3) is 3.90. The topological polar surface area (TPSA) is 84.2 Å². The van der Waals surface area contributed by atoms with E-state index in [9.17, 15) is 18.5 Å². The standard InChI is InChI=1S/C29H35NO4S/c1-28-9-7-22(31)15-26(28)21(17-34-35(32,33)18-19-5-3-2-4-6-19)14-24-25(28)8-10-29(11-12-30)16-20-13-23(20)27(24)29/h2-6,15,20-21,23-25,27H,7-11,13-14,16-18H2,1H3/t20-,21+,23-,24-,25+,27+,28-,29+/m1/s1. The average molecular weight is 494 g/mol. The van der Waals surface area contributed by atoms with E-state index in [1.165, 1.54) is 12.8 Å². The van der Waals surface area contributed by atoms with Crippen molar-refractivity contribution in [1.29, 1.82) is 5.26 Å². The van der Waals surface area contributed by atoms with Crippen molar-refractivity contribution in [3.8, 4) is 6.07 Å². The number of fused-ring (bicyclic) bond motifs is 7. The van der Waals surface area contributed by atoms with E-state index in [1.54, 1.807) is 12.1 Å². The van der Waals surface area contributed by atoms with Crippen molar-refractivity contribution >= 4 is 15.9 Å². The van der Waals surface area contributed by atoms with Gasteiger partial charge in [-0.25, -0.2) is 0 Å². The summed E-state index contributed by atoms with van der Waals surface area (Å²) in [5.41, 5.74) is 1.91. The zero-order valence-electron chi connectivity index (χ0n) is 20.5. The van der Waals surface area contributed by atoms with Gasteiger partial charge in [0.1, 0.15) is 5.75 Å². The van der Waals surface area contributed by atoms with Crippen LogP contribution in [0.3, 0.4) is 0 Å². The summed E-state index contributed by atoms with van der Waals surface area (Å²) in [4.78, 5) is 12.5. The molecule has 0 radical (unpaired) electrons. The molecule has 4 fully saturated rings. The number of nitrogens with zero attached hydrogens (tertiary/aromatic N) is 1. The molecule has 0 aliphatic heterocycles. The number of carbonyl (C=O) groups excluding carboxylic acids is 1. The van der Waals surface area contributed by atoms with Crippen LogP contribution in [-0.2, 0) is 24.8 Å². The zero-order chi connectivity index (χ0) is 24.4. The van der Waals surface area contributed by atoms with Crippen molar-refractivity contribution in [1.82, 2.24) is 0 Å². The van der Waals surface area contributed by atoms with Gasteiger partial charge in [-0.1, -0.05) is 42.8 Å². The van der Waals surface area contributed by atoms with E-state index in [1.807, 2.05) is 24.3 Å². The molecule has 35 heavy (non-hydrogen) atoms. The van der Waals surface area contributed by atoms with Crippen LogP contribution in [-0.4, -0.2) is 20.8 Å². The predicted octanol–water partition coefficient (Wildman–Crippen LogP) is 5.43. The molecular weight excluding hydrogens is 458 g/mol. The first-order valence-corrected chi connectivity index (χ1v) is 14.9. The molecule has 1 aromatic rings. The van der Waals surface area contributed by atoms with Crippen LogP contribution in [0.4, 0.5) is 0 Å². The van der Waals surface area contributed by atoms with Gasteiger partial charge in [0.15, 0.2) is 5.78 Å². The normalized spacial score (nSPS) is 41.6. The summed E-state index contributed by atoms with van der Waals surface area (Å²) >= 11 is 0. The minimum absolute atomic E-state index is 0.0632. The Morgan fingerprint density at radius 2 is 1.94 bits per heavy atom. The Morgan fingerprint density at radius 1 is 1.14 bits per heavy atom. The highest BCUT2D eigenvalue weighted by molar-refractivity contribution is 7.85. The second kappa shape index (κ2) is 8.28. The van der Waals surface area contributed by atoms with Crippen LogP contribution in [0.15, 0.2) is 42.0 Å². The van der Waals surface area contributed by atoms with Gasteiger partial charge in [-0.05, 0) is 90.6 Å². The molecule has 0 saturated heterocycles. The summed E-state index contributed by atoms with van der Waals surface area (Å²) in [6.07, 6.45) is 9.52. The molecule has 0 amide bonds.